The summed E-state index contributed by atoms with van der Waals surface area (Å²) in [6.07, 6.45) is 0.564. The Bertz CT molecular complexity index is 638. The summed E-state index contributed by atoms with van der Waals surface area (Å²) in [5, 5.41) is 8.59. The number of aromatic amines is 1. The van der Waals surface area contributed by atoms with Gasteiger partial charge in [0.05, 0.1) is 17.5 Å². The number of carboxylic acids is 1. The van der Waals surface area contributed by atoms with Crippen LogP contribution < -0.4 is 5.69 Å². The number of aldehydes is 1. The lowest BCUT2D eigenvalue weighted by Crippen LogP contribution is -2.18. The number of aliphatic carboxylic acids is 1. The Hall–Kier alpha value is -2.37. The van der Waals surface area contributed by atoms with Gasteiger partial charge in [-0.25, -0.2) is 4.79 Å². The molecule has 0 aliphatic carbocycles. The second-order valence-corrected chi connectivity index (χ2v) is 3.62. The predicted molar refractivity (Wildman–Crippen MR) is 60.2 cm³/mol. The predicted octanol–water partition coefficient (Wildman–Crippen LogP) is 0.617. The van der Waals surface area contributed by atoms with Crippen molar-refractivity contribution >= 4 is 23.3 Å². The number of carbonyl (C=O) groups is 2. The van der Waals surface area contributed by atoms with Gasteiger partial charge in [0, 0.05) is 12.1 Å². The van der Waals surface area contributed by atoms with Crippen molar-refractivity contribution in [3.63, 3.8) is 0 Å². The van der Waals surface area contributed by atoms with E-state index in [1.165, 1.54) is 4.57 Å². The Labute approximate surface area is 95.5 Å². The summed E-state index contributed by atoms with van der Waals surface area (Å²) >= 11 is 0. The number of H-pyrrole nitrogens is 1. The lowest BCUT2D eigenvalue weighted by atomic mass is 10.2. The lowest BCUT2D eigenvalue weighted by molar-refractivity contribution is -0.137. The van der Waals surface area contributed by atoms with Crippen LogP contribution in [0, 0.1) is 0 Å². The van der Waals surface area contributed by atoms with Crippen molar-refractivity contribution in [3.05, 3.63) is 34.2 Å². The van der Waals surface area contributed by atoms with E-state index in [9.17, 15) is 14.4 Å². The maximum Gasteiger partial charge on any atom is 0.326 e. The molecule has 17 heavy (non-hydrogen) atoms. The molecule has 0 saturated carbocycles. The van der Waals surface area contributed by atoms with E-state index in [-0.39, 0.29) is 18.7 Å². The summed E-state index contributed by atoms with van der Waals surface area (Å²) in [7, 11) is 0. The van der Waals surface area contributed by atoms with Crippen LogP contribution >= 0.6 is 0 Å². The summed E-state index contributed by atoms with van der Waals surface area (Å²) in [5.74, 6) is -0.962. The number of carboxylic acid groups (broad SMARTS) is 1. The number of carbonyl (C=O) groups excluding carboxylic acids is 1. The van der Waals surface area contributed by atoms with E-state index in [1.807, 2.05) is 0 Å². The zero-order chi connectivity index (χ0) is 12.4. The minimum atomic E-state index is -0.962. The maximum atomic E-state index is 11.6. The first-order valence-corrected chi connectivity index (χ1v) is 5.01. The number of imidazole rings is 1. The first-order valence-electron chi connectivity index (χ1n) is 5.01. The van der Waals surface area contributed by atoms with Crippen LogP contribution in [0.1, 0.15) is 16.8 Å². The Balaban J connectivity index is 2.48. The molecule has 0 bridgehead atoms. The standard InChI is InChI=1S/C11H10N2O4/c14-6-7-1-2-9-8(5-7)12-11(17)13(9)4-3-10(15)16/h1-2,5-6H,3-4H2,(H,12,17)(H,15,16). The SMILES string of the molecule is O=Cc1ccc2c(c1)[nH]c(=O)n2CCC(=O)O. The molecule has 1 aromatic heterocycles. The molecule has 0 saturated heterocycles. The molecular formula is C11H10N2O4. The van der Waals surface area contributed by atoms with E-state index in [0.717, 1.165) is 0 Å². The maximum absolute atomic E-state index is 11.6. The fourth-order valence-electron chi connectivity index (χ4n) is 1.68. The summed E-state index contributed by atoms with van der Waals surface area (Å²) in [6, 6.07) is 4.76. The van der Waals surface area contributed by atoms with E-state index in [0.29, 0.717) is 22.9 Å². The molecule has 0 fully saturated rings. The van der Waals surface area contributed by atoms with Crippen LogP contribution in [-0.2, 0) is 11.3 Å². The number of aromatic nitrogens is 2. The van der Waals surface area contributed by atoms with Crippen LogP contribution in [0.5, 0.6) is 0 Å². The topological polar surface area (TPSA) is 92.2 Å². The van der Waals surface area contributed by atoms with E-state index >= 15 is 0 Å². The van der Waals surface area contributed by atoms with Crippen molar-refractivity contribution in [1.29, 1.82) is 0 Å². The average molecular weight is 234 g/mol. The van der Waals surface area contributed by atoms with Gasteiger partial charge in [-0.05, 0) is 18.2 Å². The Kier molecular flexibility index (Phi) is 2.78. The van der Waals surface area contributed by atoms with E-state index in [4.69, 9.17) is 5.11 Å². The van der Waals surface area contributed by atoms with Gasteiger partial charge in [-0.15, -0.1) is 0 Å². The van der Waals surface area contributed by atoms with Gasteiger partial charge in [-0.1, -0.05) is 0 Å². The highest BCUT2D eigenvalue weighted by Crippen LogP contribution is 2.12. The number of aryl methyl sites for hydroxylation is 1. The second-order valence-electron chi connectivity index (χ2n) is 3.62. The van der Waals surface area contributed by atoms with E-state index in [1.54, 1.807) is 18.2 Å². The molecule has 2 aromatic rings. The van der Waals surface area contributed by atoms with E-state index < -0.39 is 5.97 Å². The molecular weight excluding hydrogens is 224 g/mol. The van der Waals surface area contributed by atoms with Gasteiger partial charge in [-0.3, -0.25) is 14.2 Å². The minimum absolute atomic E-state index is 0.106. The fraction of sp³-hybridized carbons (Fsp3) is 0.182. The molecule has 0 spiro atoms. The highest BCUT2D eigenvalue weighted by Gasteiger charge is 2.08. The molecule has 2 rings (SSSR count). The molecule has 0 aliphatic rings. The van der Waals surface area contributed by atoms with Crippen LogP contribution in [0.15, 0.2) is 23.0 Å². The second kappa shape index (κ2) is 4.25. The number of benzene rings is 1. The van der Waals surface area contributed by atoms with Gasteiger partial charge in [0.2, 0.25) is 0 Å². The normalized spacial score (nSPS) is 10.6. The third kappa shape index (κ3) is 2.10. The monoisotopic (exact) mass is 234 g/mol. The van der Waals surface area contributed by atoms with Gasteiger partial charge >= 0.3 is 11.7 Å². The molecule has 0 atom stereocenters. The molecule has 6 heteroatoms. The molecule has 0 amide bonds. The smallest absolute Gasteiger partial charge is 0.326 e. The van der Waals surface area contributed by atoms with Crippen LogP contribution in [0.4, 0.5) is 0 Å². The third-order valence-electron chi connectivity index (χ3n) is 2.48. The number of fused-ring (bicyclic) bond motifs is 1. The molecule has 1 aromatic carbocycles. The first-order chi connectivity index (χ1) is 8.11. The Morgan fingerprint density at radius 1 is 1.47 bits per heavy atom. The minimum Gasteiger partial charge on any atom is -0.481 e. The largest absolute Gasteiger partial charge is 0.481 e. The zero-order valence-electron chi connectivity index (χ0n) is 8.84. The van der Waals surface area contributed by atoms with E-state index in [2.05, 4.69) is 4.98 Å². The third-order valence-corrected chi connectivity index (χ3v) is 2.48. The fourth-order valence-corrected chi connectivity index (χ4v) is 1.68. The number of nitrogens with one attached hydrogen (secondary N) is 1. The van der Waals surface area contributed by atoms with Crippen molar-refractivity contribution in [3.8, 4) is 0 Å². The molecule has 0 unspecified atom stereocenters. The first kappa shape index (κ1) is 11.1. The molecule has 6 nitrogen and oxygen atoms in total. The summed E-state index contributed by atoms with van der Waals surface area (Å²) in [4.78, 5) is 35.2. The van der Waals surface area contributed by atoms with Gasteiger partial charge < -0.3 is 10.1 Å². The Morgan fingerprint density at radius 3 is 2.88 bits per heavy atom. The van der Waals surface area contributed by atoms with Crippen LogP contribution in [-0.4, -0.2) is 26.9 Å². The van der Waals surface area contributed by atoms with Gasteiger partial charge in [0.25, 0.3) is 0 Å². The van der Waals surface area contributed by atoms with Crippen molar-refractivity contribution in [2.24, 2.45) is 0 Å². The Morgan fingerprint density at radius 2 is 2.24 bits per heavy atom. The number of hydrogen-bond acceptors (Lipinski definition) is 3. The molecule has 1 heterocycles. The zero-order valence-corrected chi connectivity index (χ0v) is 8.84. The molecule has 0 radical (unpaired) electrons. The molecule has 2 N–H and O–H groups in total. The summed E-state index contributed by atoms with van der Waals surface area (Å²) in [6.45, 7) is 0.106. The number of rotatable bonds is 4. The quantitative estimate of drug-likeness (QED) is 0.758. The van der Waals surface area contributed by atoms with Crippen molar-refractivity contribution in [2.45, 2.75) is 13.0 Å². The highest BCUT2D eigenvalue weighted by molar-refractivity contribution is 5.84. The summed E-state index contributed by atoms with van der Waals surface area (Å²) in [5.41, 5.74) is 1.22. The van der Waals surface area contributed by atoms with Gasteiger partial charge in [0.15, 0.2) is 0 Å². The molecule has 0 aliphatic heterocycles. The van der Waals surface area contributed by atoms with Crippen LogP contribution in [0.2, 0.25) is 0 Å². The van der Waals surface area contributed by atoms with Crippen LogP contribution in [0.3, 0.4) is 0 Å². The van der Waals surface area contributed by atoms with Gasteiger partial charge in [-0.2, -0.15) is 0 Å². The van der Waals surface area contributed by atoms with Crippen LogP contribution in [0.25, 0.3) is 11.0 Å². The molecule has 88 valence electrons. The van der Waals surface area contributed by atoms with Crippen molar-refractivity contribution < 1.29 is 14.7 Å². The van der Waals surface area contributed by atoms with Crippen molar-refractivity contribution in [1.82, 2.24) is 9.55 Å². The van der Waals surface area contributed by atoms with Crippen molar-refractivity contribution in [2.75, 3.05) is 0 Å². The number of nitrogens with zero attached hydrogens (tertiary/aromatic N) is 1. The number of hydrogen-bond donors (Lipinski definition) is 2. The summed E-state index contributed by atoms with van der Waals surface area (Å²) < 4.78 is 1.35. The van der Waals surface area contributed by atoms with Gasteiger partial charge in [0.1, 0.15) is 6.29 Å². The average Bonchev–Trinajstić information content (AvgIpc) is 2.60. The lowest BCUT2D eigenvalue weighted by Gasteiger charge is -2.00. The highest BCUT2D eigenvalue weighted by atomic mass is 16.4.